The minimum Gasteiger partial charge on any atom is -0.465 e. The molecular weight excluding hydrogens is 576 g/mol. The molecule has 0 aromatic heterocycles. The zero-order valence-electron chi connectivity index (χ0n) is 29.2. The summed E-state index contributed by atoms with van der Waals surface area (Å²) in [5, 5.41) is 0. The number of hydrogen-bond acceptors (Lipinski definition) is 6. The highest BCUT2D eigenvalue weighted by Crippen LogP contribution is 2.38. The van der Waals surface area contributed by atoms with E-state index in [-0.39, 0.29) is 26.1 Å². The normalized spacial score (nSPS) is 13.8. The maximum atomic E-state index is 13.8. The highest BCUT2D eigenvalue weighted by Gasteiger charge is 2.59. The highest BCUT2D eigenvalue weighted by atomic mass is 32.2. The van der Waals surface area contributed by atoms with Gasteiger partial charge in [0.2, 0.25) is 4.75 Å². The molecule has 2 unspecified atom stereocenters. The van der Waals surface area contributed by atoms with E-state index in [1.807, 2.05) is 0 Å². The number of unbranched alkanes of at least 4 members (excludes halogenated alkanes) is 20. The van der Waals surface area contributed by atoms with Gasteiger partial charge in [-0.3, -0.25) is 14.1 Å². The molecule has 0 spiro atoms. The molecular formula is C36H70O7S. The van der Waals surface area contributed by atoms with Crippen LogP contribution in [-0.4, -0.2) is 42.9 Å². The molecule has 7 nitrogen and oxygen atoms in total. The van der Waals surface area contributed by atoms with Crippen molar-refractivity contribution < 1.29 is 32.0 Å². The smallest absolute Gasteiger partial charge is 0.330 e. The monoisotopic (exact) mass is 646 g/mol. The van der Waals surface area contributed by atoms with Crippen LogP contribution < -0.4 is 0 Å². The van der Waals surface area contributed by atoms with E-state index in [1.54, 1.807) is 0 Å². The van der Waals surface area contributed by atoms with Crippen LogP contribution in [0.4, 0.5) is 0 Å². The van der Waals surface area contributed by atoms with E-state index >= 15 is 0 Å². The van der Waals surface area contributed by atoms with Gasteiger partial charge in [-0.1, -0.05) is 169 Å². The first-order valence-corrected chi connectivity index (χ1v) is 20.0. The van der Waals surface area contributed by atoms with Crippen LogP contribution in [0.15, 0.2) is 0 Å². The Balaban J connectivity index is 5.94. The van der Waals surface area contributed by atoms with Crippen LogP contribution in [0.3, 0.4) is 0 Å². The zero-order chi connectivity index (χ0) is 32.9. The Labute approximate surface area is 272 Å². The molecule has 0 bridgehead atoms. The fraction of sp³-hybridized carbons (Fsp3) is 0.944. The van der Waals surface area contributed by atoms with Crippen LogP contribution in [0, 0.1) is 5.92 Å². The second-order valence-electron chi connectivity index (χ2n) is 12.8. The van der Waals surface area contributed by atoms with E-state index < -0.39 is 32.7 Å². The van der Waals surface area contributed by atoms with Crippen molar-refractivity contribution in [2.24, 2.45) is 5.92 Å². The van der Waals surface area contributed by atoms with Gasteiger partial charge in [0, 0.05) is 0 Å². The van der Waals surface area contributed by atoms with E-state index in [0.717, 1.165) is 122 Å². The predicted molar refractivity (Wildman–Crippen MR) is 182 cm³/mol. The molecule has 0 radical (unpaired) electrons. The van der Waals surface area contributed by atoms with Gasteiger partial charge in [-0.25, -0.2) is 0 Å². The highest BCUT2D eigenvalue weighted by molar-refractivity contribution is 7.88. The second-order valence-corrected chi connectivity index (χ2v) is 14.5. The quantitative estimate of drug-likeness (QED) is 0.0440. The third-order valence-electron chi connectivity index (χ3n) is 8.87. The molecule has 0 amide bonds. The number of carbonyl (C=O) groups excluding carboxylic acids is 2. The summed E-state index contributed by atoms with van der Waals surface area (Å²) < 4.78 is 46.4. The lowest BCUT2D eigenvalue weighted by atomic mass is 9.82. The van der Waals surface area contributed by atoms with Gasteiger partial charge < -0.3 is 9.47 Å². The van der Waals surface area contributed by atoms with Crippen molar-refractivity contribution in [3.05, 3.63) is 0 Å². The maximum absolute atomic E-state index is 13.8. The summed E-state index contributed by atoms with van der Waals surface area (Å²) in [6, 6.07) is 0. The Morgan fingerprint density at radius 1 is 0.545 bits per heavy atom. The molecule has 0 aromatic carbocycles. The third kappa shape index (κ3) is 18.7. The van der Waals surface area contributed by atoms with Crippen LogP contribution in [-0.2, 0) is 29.2 Å². The van der Waals surface area contributed by atoms with Crippen LogP contribution in [0.2, 0.25) is 0 Å². The number of carbonyl (C=O) groups is 2. The standard InChI is InChI=1S/C36H70O7S/c1-5-9-13-17-21-25-29-33(34(37)42-31-27-23-19-15-11-7-3)36(44(39,40)41,30-26-22-18-14-10-6-2)35(38)43-32-28-24-20-16-12-8-4/h33H,5-32H2,1-4H3,(H,39,40,41). The molecule has 262 valence electrons. The fourth-order valence-electron chi connectivity index (χ4n) is 6.00. The molecule has 2 atom stereocenters. The summed E-state index contributed by atoms with van der Waals surface area (Å²) in [6.07, 6.45) is 23.1. The first-order chi connectivity index (χ1) is 21.2. The Morgan fingerprint density at radius 3 is 1.34 bits per heavy atom. The molecule has 1 N–H and O–H groups in total. The van der Waals surface area contributed by atoms with Crippen molar-refractivity contribution in [1.29, 1.82) is 0 Å². The van der Waals surface area contributed by atoms with Gasteiger partial charge in [-0.2, -0.15) is 8.42 Å². The Bertz CT molecular complexity index is 798. The molecule has 0 fully saturated rings. The number of esters is 2. The molecule has 0 aliphatic carbocycles. The summed E-state index contributed by atoms with van der Waals surface area (Å²) in [7, 11) is -4.99. The van der Waals surface area contributed by atoms with Crippen molar-refractivity contribution in [2.45, 2.75) is 199 Å². The summed E-state index contributed by atoms with van der Waals surface area (Å²) >= 11 is 0. The molecule has 0 saturated heterocycles. The summed E-state index contributed by atoms with van der Waals surface area (Å²) in [4.78, 5) is 27.5. The molecule has 8 heteroatoms. The van der Waals surface area contributed by atoms with E-state index in [2.05, 4.69) is 27.7 Å². The van der Waals surface area contributed by atoms with Gasteiger partial charge in [0.15, 0.2) is 0 Å². The van der Waals surface area contributed by atoms with Crippen LogP contribution in [0.5, 0.6) is 0 Å². The van der Waals surface area contributed by atoms with Gasteiger partial charge in [0.1, 0.15) is 0 Å². The predicted octanol–water partition coefficient (Wildman–Crippen LogP) is 10.5. The lowest BCUT2D eigenvalue weighted by Gasteiger charge is -2.35. The van der Waals surface area contributed by atoms with Gasteiger partial charge in [-0.05, 0) is 25.7 Å². The Kier molecular flexibility index (Phi) is 27.4. The lowest BCUT2D eigenvalue weighted by Crippen LogP contribution is -2.56. The molecule has 0 aliphatic rings. The first-order valence-electron chi connectivity index (χ1n) is 18.5. The average Bonchev–Trinajstić information content (AvgIpc) is 2.99. The SMILES string of the molecule is CCCCCCCCOC(=O)C(CCCCCCCC)C(CCCCCCCC)(C(=O)OCCCCCCCC)S(=O)(=O)O. The largest absolute Gasteiger partial charge is 0.465 e. The first kappa shape index (κ1) is 42.9. The van der Waals surface area contributed by atoms with Gasteiger partial charge in [0.05, 0.1) is 19.1 Å². The zero-order valence-corrected chi connectivity index (χ0v) is 30.0. The molecule has 0 saturated carbocycles. The van der Waals surface area contributed by atoms with Crippen molar-refractivity contribution in [1.82, 2.24) is 0 Å². The van der Waals surface area contributed by atoms with E-state index in [4.69, 9.17) is 9.47 Å². The van der Waals surface area contributed by atoms with Crippen LogP contribution >= 0.6 is 0 Å². The van der Waals surface area contributed by atoms with Crippen LogP contribution in [0.1, 0.15) is 195 Å². The maximum Gasteiger partial charge on any atom is 0.330 e. The number of ether oxygens (including phenoxy) is 2. The topological polar surface area (TPSA) is 107 Å². The molecule has 0 heterocycles. The van der Waals surface area contributed by atoms with Crippen molar-refractivity contribution in [3.8, 4) is 0 Å². The summed E-state index contributed by atoms with van der Waals surface area (Å²) in [5.74, 6) is -2.99. The average molecular weight is 647 g/mol. The number of hydrogen-bond donors (Lipinski definition) is 1. The summed E-state index contributed by atoms with van der Waals surface area (Å²) in [6.45, 7) is 8.86. The van der Waals surface area contributed by atoms with Gasteiger partial charge in [-0.15, -0.1) is 0 Å². The van der Waals surface area contributed by atoms with Crippen molar-refractivity contribution >= 4 is 22.1 Å². The van der Waals surface area contributed by atoms with E-state index in [1.165, 1.54) is 6.42 Å². The lowest BCUT2D eigenvalue weighted by molar-refractivity contribution is -0.160. The summed E-state index contributed by atoms with van der Waals surface area (Å²) in [5.41, 5.74) is 0. The third-order valence-corrected chi connectivity index (χ3v) is 10.5. The van der Waals surface area contributed by atoms with Gasteiger partial charge in [0.25, 0.3) is 10.1 Å². The van der Waals surface area contributed by atoms with Crippen LogP contribution in [0.25, 0.3) is 0 Å². The second kappa shape index (κ2) is 28.1. The Hall–Kier alpha value is -1.15. The minimum absolute atomic E-state index is 0.0786. The van der Waals surface area contributed by atoms with Gasteiger partial charge >= 0.3 is 11.9 Å². The Morgan fingerprint density at radius 2 is 0.909 bits per heavy atom. The minimum atomic E-state index is -4.99. The molecule has 44 heavy (non-hydrogen) atoms. The molecule has 0 rings (SSSR count). The van der Waals surface area contributed by atoms with Crippen molar-refractivity contribution in [3.63, 3.8) is 0 Å². The molecule has 0 aromatic rings. The van der Waals surface area contributed by atoms with Crippen molar-refractivity contribution in [2.75, 3.05) is 13.2 Å². The number of rotatable bonds is 32. The van der Waals surface area contributed by atoms with E-state index in [0.29, 0.717) is 25.7 Å². The fourth-order valence-corrected chi connectivity index (χ4v) is 7.24. The molecule has 0 aliphatic heterocycles. The van der Waals surface area contributed by atoms with E-state index in [9.17, 15) is 22.6 Å².